The number of Topliss-reactive ketones (excluding diaryl/α,β-unsaturated/α-hetero) is 1. The predicted molar refractivity (Wildman–Crippen MR) is 43.7 cm³/mol. The lowest BCUT2D eigenvalue weighted by molar-refractivity contribution is -0.141. The summed E-state index contributed by atoms with van der Waals surface area (Å²) in [5, 5.41) is 8.74. The maximum atomic E-state index is 10.9. The van der Waals surface area contributed by atoms with Crippen molar-refractivity contribution in [3.05, 3.63) is 12.7 Å². The number of hydrogen-bond donors (Lipinski definition) is 1. The molecule has 0 saturated heterocycles. The number of carboxylic acids is 1. The molecule has 66 valence electrons. The van der Waals surface area contributed by atoms with Crippen LogP contribution in [0.4, 0.5) is 0 Å². The van der Waals surface area contributed by atoms with E-state index in [2.05, 4.69) is 6.58 Å². The molecule has 1 aliphatic carbocycles. The summed E-state index contributed by atoms with van der Waals surface area (Å²) in [6.07, 6.45) is 3.05. The van der Waals surface area contributed by atoms with Crippen molar-refractivity contribution in [2.45, 2.75) is 19.3 Å². The zero-order chi connectivity index (χ0) is 9.14. The summed E-state index contributed by atoms with van der Waals surface area (Å²) in [5.74, 6) is -1.26. The summed E-state index contributed by atoms with van der Waals surface area (Å²) in [7, 11) is 0. The lowest BCUT2D eigenvalue weighted by Gasteiger charge is -2.13. The third kappa shape index (κ3) is 1.72. The smallest absolute Gasteiger partial charge is 0.310 e. The third-order valence-electron chi connectivity index (χ3n) is 2.33. The largest absolute Gasteiger partial charge is 0.481 e. The van der Waals surface area contributed by atoms with Crippen LogP contribution in [0.15, 0.2) is 12.7 Å². The molecule has 1 N–H and O–H groups in total. The van der Waals surface area contributed by atoms with Gasteiger partial charge in [-0.05, 0) is 12.3 Å². The topological polar surface area (TPSA) is 54.4 Å². The second kappa shape index (κ2) is 3.52. The first-order chi connectivity index (χ1) is 5.65. The van der Waals surface area contributed by atoms with E-state index in [1.165, 1.54) is 6.08 Å². The van der Waals surface area contributed by atoms with Crippen LogP contribution in [-0.4, -0.2) is 16.9 Å². The van der Waals surface area contributed by atoms with Gasteiger partial charge in [-0.2, -0.15) is 0 Å². The second-order valence-electron chi connectivity index (χ2n) is 3.14. The normalized spacial score (nSPS) is 25.3. The van der Waals surface area contributed by atoms with Crippen LogP contribution in [0.2, 0.25) is 0 Å². The van der Waals surface area contributed by atoms with E-state index in [1.54, 1.807) is 0 Å². The van der Waals surface area contributed by atoms with Crippen LogP contribution >= 0.6 is 0 Å². The van der Waals surface area contributed by atoms with E-state index in [0.29, 0.717) is 19.3 Å². The monoisotopic (exact) mass is 168 g/mol. The van der Waals surface area contributed by atoms with Gasteiger partial charge >= 0.3 is 5.97 Å². The molecule has 2 atom stereocenters. The molecule has 0 heterocycles. The lowest BCUT2D eigenvalue weighted by atomic mass is 9.91. The van der Waals surface area contributed by atoms with Gasteiger partial charge in [0.05, 0.1) is 5.92 Å². The van der Waals surface area contributed by atoms with Crippen LogP contribution in [-0.2, 0) is 9.59 Å². The van der Waals surface area contributed by atoms with Crippen LogP contribution < -0.4 is 0 Å². The first-order valence-corrected chi connectivity index (χ1v) is 4.02. The Hall–Kier alpha value is -1.12. The Morgan fingerprint density at radius 1 is 1.75 bits per heavy atom. The molecule has 0 amide bonds. The molecule has 1 fully saturated rings. The fourth-order valence-corrected chi connectivity index (χ4v) is 1.64. The number of carbonyl (C=O) groups is 2. The molecule has 0 aromatic heterocycles. The van der Waals surface area contributed by atoms with Gasteiger partial charge in [0.15, 0.2) is 0 Å². The maximum absolute atomic E-state index is 10.9. The van der Waals surface area contributed by atoms with Gasteiger partial charge in [0.1, 0.15) is 5.78 Å². The molecule has 0 unspecified atom stereocenters. The standard InChI is InChI=1S/C9H12O3/c1-2-8(9(11)12)6-3-4-7(10)5-6/h2,6,8H,1,3-5H2,(H,11,12)/t6-,8-/m1/s1. The van der Waals surface area contributed by atoms with Crippen molar-refractivity contribution in [3.63, 3.8) is 0 Å². The van der Waals surface area contributed by atoms with Crippen LogP contribution in [0.3, 0.4) is 0 Å². The molecule has 0 aromatic carbocycles. The molecule has 0 radical (unpaired) electrons. The van der Waals surface area contributed by atoms with Gasteiger partial charge in [-0.3, -0.25) is 9.59 Å². The summed E-state index contributed by atoms with van der Waals surface area (Å²) in [6.45, 7) is 3.46. The van der Waals surface area contributed by atoms with Crippen LogP contribution in [0, 0.1) is 11.8 Å². The summed E-state index contributed by atoms with van der Waals surface area (Å²) in [4.78, 5) is 21.5. The minimum atomic E-state index is -0.871. The molecule has 1 rings (SSSR count). The van der Waals surface area contributed by atoms with Crippen molar-refractivity contribution >= 4 is 11.8 Å². The molecule has 0 bridgehead atoms. The Bertz CT molecular complexity index is 220. The number of ketones is 1. The van der Waals surface area contributed by atoms with Crippen molar-refractivity contribution in [2.24, 2.45) is 11.8 Å². The number of rotatable bonds is 3. The molecule has 1 saturated carbocycles. The number of carbonyl (C=O) groups excluding carboxylic acids is 1. The van der Waals surface area contributed by atoms with Crippen molar-refractivity contribution in [1.82, 2.24) is 0 Å². The van der Waals surface area contributed by atoms with Crippen molar-refractivity contribution < 1.29 is 14.7 Å². The highest BCUT2D eigenvalue weighted by Crippen LogP contribution is 2.29. The Kier molecular flexibility index (Phi) is 2.63. The second-order valence-corrected chi connectivity index (χ2v) is 3.14. The van der Waals surface area contributed by atoms with Crippen molar-refractivity contribution in [1.29, 1.82) is 0 Å². The van der Waals surface area contributed by atoms with E-state index < -0.39 is 11.9 Å². The van der Waals surface area contributed by atoms with Crippen LogP contribution in [0.1, 0.15) is 19.3 Å². The maximum Gasteiger partial charge on any atom is 0.310 e. The molecule has 0 aliphatic heterocycles. The highest BCUT2D eigenvalue weighted by Gasteiger charge is 2.31. The van der Waals surface area contributed by atoms with Gasteiger partial charge in [-0.15, -0.1) is 6.58 Å². The summed E-state index contributed by atoms with van der Waals surface area (Å²) in [5.41, 5.74) is 0. The Morgan fingerprint density at radius 2 is 2.42 bits per heavy atom. The summed E-state index contributed by atoms with van der Waals surface area (Å²) in [6, 6.07) is 0. The molecule has 1 aliphatic rings. The van der Waals surface area contributed by atoms with Crippen LogP contribution in [0.25, 0.3) is 0 Å². The molecule has 3 nitrogen and oxygen atoms in total. The van der Waals surface area contributed by atoms with E-state index in [4.69, 9.17) is 5.11 Å². The van der Waals surface area contributed by atoms with Gasteiger partial charge in [0.2, 0.25) is 0 Å². The first-order valence-electron chi connectivity index (χ1n) is 4.02. The van der Waals surface area contributed by atoms with Gasteiger partial charge in [-0.1, -0.05) is 6.08 Å². The fraction of sp³-hybridized carbons (Fsp3) is 0.556. The highest BCUT2D eigenvalue weighted by molar-refractivity contribution is 5.82. The highest BCUT2D eigenvalue weighted by atomic mass is 16.4. The summed E-state index contributed by atoms with van der Waals surface area (Å²) >= 11 is 0. The quantitative estimate of drug-likeness (QED) is 0.645. The van der Waals surface area contributed by atoms with E-state index in [-0.39, 0.29) is 11.7 Å². The number of aliphatic carboxylic acids is 1. The Balaban J connectivity index is 2.61. The average Bonchev–Trinajstić information content (AvgIpc) is 2.37. The Labute approximate surface area is 71.1 Å². The molecule has 0 spiro atoms. The molecule has 0 aromatic rings. The SMILES string of the molecule is C=C[C@@H](C(=O)O)[C@@H]1CCC(=O)C1. The lowest BCUT2D eigenvalue weighted by Crippen LogP contribution is -2.19. The minimum absolute atomic E-state index is 0.0208. The zero-order valence-electron chi connectivity index (χ0n) is 6.82. The van der Waals surface area contributed by atoms with Crippen molar-refractivity contribution in [3.8, 4) is 0 Å². The molecular weight excluding hydrogens is 156 g/mol. The Morgan fingerprint density at radius 3 is 2.75 bits per heavy atom. The predicted octanol–water partition coefficient (Wildman–Crippen LogP) is 1.24. The van der Waals surface area contributed by atoms with Crippen molar-refractivity contribution in [2.75, 3.05) is 0 Å². The number of carboxylic acid groups (broad SMARTS) is 1. The zero-order valence-corrected chi connectivity index (χ0v) is 6.82. The first kappa shape index (κ1) is 8.97. The fourth-order valence-electron chi connectivity index (χ4n) is 1.64. The minimum Gasteiger partial charge on any atom is -0.481 e. The van der Waals surface area contributed by atoms with Gasteiger partial charge in [0.25, 0.3) is 0 Å². The molecule has 12 heavy (non-hydrogen) atoms. The van der Waals surface area contributed by atoms with E-state index in [9.17, 15) is 9.59 Å². The molecule has 3 heteroatoms. The van der Waals surface area contributed by atoms with Gasteiger partial charge in [-0.25, -0.2) is 0 Å². The van der Waals surface area contributed by atoms with Gasteiger partial charge in [0, 0.05) is 12.8 Å². The molecular formula is C9H12O3. The average molecular weight is 168 g/mol. The number of hydrogen-bond acceptors (Lipinski definition) is 2. The van der Waals surface area contributed by atoms with Crippen LogP contribution in [0.5, 0.6) is 0 Å². The van der Waals surface area contributed by atoms with E-state index in [1.807, 2.05) is 0 Å². The summed E-state index contributed by atoms with van der Waals surface area (Å²) < 4.78 is 0. The third-order valence-corrected chi connectivity index (χ3v) is 2.33. The van der Waals surface area contributed by atoms with E-state index >= 15 is 0 Å². The van der Waals surface area contributed by atoms with Gasteiger partial charge < -0.3 is 5.11 Å². The van der Waals surface area contributed by atoms with E-state index in [0.717, 1.165) is 0 Å².